The fourth-order valence-corrected chi connectivity index (χ4v) is 6.44. The molecule has 0 bridgehead atoms. The summed E-state index contributed by atoms with van der Waals surface area (Å²) in [4.78, 5) is 4.67. The average Bonchev–Trinajstić information content (AvgIpc) is 3.38. The van der Waals surface area contributed by atoms with Gasteiger partial charge in [-0.1, -0.05) is 109 Å². The normalized spacial score (nSPS) is 12.4. The second-order valence-electron chi connectivity index (χ2n) is 9.86. The van der Waals surface area contributed by atoms with E-state index in [0.29, 0.717) is 0 Å². The molecule has 1 aromatic heterocycles. The second kappa shape index (κ2) is 10.4. The van der Waals surface area contributed by atoms with Gasteiger partial charge in [0.2, 0.25) is 0 Å². The van der Waals surface area contributed by atoms with Gasteiger partial charge in [0, 0.05) is 54.3 Å². The topological polar surface area (TPSA) is 50.4 Å². The third-order valence-electron chi connectivity index (χ3n) is 7.34. The Hall–Kier alpha value is -4.77. The molecule has 3 nitrogen and oxygen atoms in total. The molecule has 0 saturated heterocycles. The van der Waals surface area contributed by atoms with E-state index in [2.05, 4.69) is 113 Å². The quantitative estimate of drug-likeness (QED) is 0.209. The molecule has 1 atom stereocenters. The predicted molar refractivity (Wildman–Crippen MR) is 173 cm³/mol. The molecule has 0 aliphatic carbocycles. The zero-order valence-corrected chi connectivity index (χ0v) is 22.6. The maximum absolute atomic E-state index is 6.35. The summed E-state index contributed by atoms with van der Waals surface area (Å²) in [6, 6.07) is 46.6. The summed E-state index contributed by atoms with van der Waals surface area (Å²) in [5.74, 6) is 0. The van der Waals surface area contributed by atoms with Gasteiger partial charge in [-0.15, -0.1) is 11.3 Å². The van der Waals surface area contributed by atoms with Crippen molar-refractivity contribution in [3.05, 3.63) is 145 Å². The van der Waals surface area contributed by atoms with Gasteiger partial charge in [-0.25, -0.2) is 0 Å². The monoisotopic (exact) mass is 533 g/mol. The molecule has 192 valence electrons. The average molecular weight is 534 g/mol. The highest BCUT2D eigenvalue weighted by Gasteiger charge is 2.14. The van der Waals surface area contributed by atoms with Gasteiger partial charge >= 0.3 is 0 Å². The van der Waals surface area contributed by atoms with Crippen molar-refractivity contribution in [2.75, 3.05) is 5.32 Å². The van der Waals surface area contributed by atoms with Crippen molar-refractivity contribution < 1.29 is 0 Å². The summed E-state index contributed by atoms with van der Waals surface area (Å²) >= 11 is 1.83. The van der Waals surface area contributed by atoms with Gasteiger partial charge in [-0.2, -0.15) is 0 Å². The molecule has 0 aliphatic rings. The van der Waals surface area contributed by atoms with Crippen molar-refractivity contribution in [3.8, 4) is 11.1 Å². The standard InChI is InChI=1S/C36H27N3S/c37-36(25-13-5-2-6-14-25)38-23-26-19-20-32(28-16-8-7-15-27(26)28)39-33-22-35-31(29-17-9-10-18-34(29)40-35)21-30(33)24-11-3-1-4-12-24/h1-23,36,39H,37H2. The molecule has 3 N–H and O–H groups in total. The van der Waals surface area contributed by atoms with Crippen LogP contribution < -0.4 is 11.1 Å². The number of thiophene rings is 1. The maximum Gasteiger partial charge on any atom is 0.123 e. The first-order chi connectivity index (χ1) is 19.7. The molecule has 6 aromatic carbocycles. The van der Waals surface area contributed by atoms with E-state index >= 15 is 0 Å². The predicted octanol–water partition coefficient (Wildman–Crippen LogP) is 9.69. The highest BCUT2D eigenvalue weighted by atomic mass is 32.1. The zero-order chi connectivity index (χ0) is 26.9. The zero-order valence-electron chi connectivity index (χ0n) is 21.8. The molecule has 7 rings (SSSR count). The van der Waals surface area contributed by atoms with Gasteiger partial charge in [-0.05, 0) is 40.8 Å². The van der Waals surface area contributed by atoms with E-state index < -0.39 is 6.17 Å². The smallest absolute Gasteiger partial charge is 0.123 e. The van der Waals surface area contributed by atoms with Crippen LogP contribution in [0.1, 0.15) is 17.3 Å². The van der Waals surface area contributed by atoms with Crippen LogP contribution in [-0.2, 0) is 0 Å². The van der Waals surface area contributed by atoms with Crippen LogP contribution in [0.4, 0.5) is 11.4 Å². The van der Waals surface area contributed by atoms with Crippen LogP contribution >= 0.6 is 11.3 Å². The maximum atomic E-state index is 6.35. The van der Waals surface area contributed by atoms with Crippen LogP contribution in [-0.4, -0.2) is 6.21 Å². The molecule has 4 heteroatoms. The minimum Gasteiger partial charge on any atom is -0.354 e. The summed E-state index contributed by atoms with van der Waals surface area (Å²) in [7, 11) is 0. The first kappa shape index (κ1) is 24.3. The summed E-state index contributed by atoms with van der Waals surface area (Å²) in [6.45, 7) is 0. The number of nitrogens with one attached hydrogen (secondary N) is 1. The van der Waals surface area contributed by atoms with E-state index in [1.165, 1.54) is 31.3 Å². The lowest BCUT2D eigenvalue weighted by Gasteiger charge is -2.16. The molecule has 0 fully saturated rings. The molecule has 0 amide bonds. The molecule has 0 aliphatic heterocycles. The first-order valence-electron chi connectivity index (χ1n) is 13.4. The third kappa shape index (κ3) is 4.54. The molecule has 1 unspecified atom stereocenters. The van der Waals surface area contributed by atoms with Crippen molar-refractivity contribution in [2.24, 2.45) is 10.7 Å². The Labute approximate surface area is 237 Å². The van der Waals surface area contributed by atoms with Crippen LogP contribution in [0, 0.1) is 0 Å². The Morgan fingerprint density at radius 1 is 0.600 bits per heavy atom. The van der Waals surface area contributed by atoms with E-state index in [1.807, 2.05) is 47.9 Å². The molecule has 7 aromatic rings. The second-order valence-corrected chi connectivity index (χ2v) is 10.9. The Kier molecular flexibility index (Phi) is 6.33. The largest absolute Gasteiger partial charge is 0.354 e. The lowest BCUT2D eigenvalue weighted by molar-refractivity contribution is 0.781. The SMILES string of the molecule is NC(N=Cc1ccc(Nc2cc3sc4ccccc4c3cc2-c2ccccc2)c2ccccc12)c1ccccc1. The van der Waals surface area contributed by atoms with E-state index in [1.54, 1.807) is 0 Å². The number of rotatable bonds is 6. The van der Waals surface area contributed by atoms with Gasteiger partial charge in [0.1, 0.15) is 6.17 Å². The van der Waals surface area contributed by atoms with Crippen molar-refractivity contribution in [1.29, 1.82) is 0 Å². The molecular formula is C36H27N3S. The highest BCUT2D eigenvalue weighted by Crippen LogP contribution is 2.42. The Bertz CT molecular complexity index is 1990. The highest BCUT2D eigenvalue weighted by molar-refractivity contribution is 7.25. The van der Waals surface area contributed by atoms with Crippen LogP contribution in [0.15, 0.2) is 138 Å². The Morgan fingerprint density at radius 3 is 2.08 bits per heavy atom. The lowest BCUT2D eigenvalue weighted by atomic mass is 9.99. The van der Waals surface area contributed by atoms with Crippen molar-refractivity contribution in [3.63, 3.8) is 0 Å². The molecule has 0 saturated carbocycles. The Balaban J connectivity index is 1.32. The Morgan fingerprint density at radius 2 is 1.27 bits per heavy atom. The van der Waals surface area contributed by atoms with E-state index in [9.17, 15) is 0 Å². The third-order valence-corrected chi connectivity index (χ3v) is 8.48. The number of nitrogens with zero attached hydrogens (tertiary/aromatic N) is 1. The molecule has 0 radical (unpaired) electrons. The minimum absolute atomic E-state index is 0.403. The van der Waals surface area contributed by atoms with Crippen LogP contribution in [0.2, 0.25) is 0 Å². The van der Waals surface area contributed by atoms with Gasteiger partial charge in [0.15, 0.2) is 0 Å². The summed E-state index contributed by atoms with van der Waals surface area (Å²) in [5, 5.41) is 8.65. The summed E-state index contributed by atoms with van der Waals surface area (Å²) < 4.78 is 2.57. The van der Waals surface area contributed by atoms with E-state index in [-0.39, 0.29) is 0 Å². The number of fused-ring (bicyclic) bond motifs is 4. The molecule has 40 heavy (non-hydrogen) atoms. The van der Waals surface area contributed by atoms with Gasteiger partial charge in [0.25, 0.3) is 0 Å². The number of anilines is 2. The number of aliphatic imine (C=N–C) groups is 1. The van der Waals surface area contributed by atoms with Gasteiger partial charge in [-0.3, -0.25) is 4.99 Å². The van der Waals surface area contributed by atoms with Gasteiger partial charge in [0.05, 0.1) is 0 Å². The van der Waals surface area contributed by atoms with Crippen LogP contribution in [0.25, 0.3) is 42.1 Å². The minimum atomic E-state index is -0.403. The fourth-order valence-electron chi connectivity index (χ4n) is 5.32. The number of nitrogens with two attached hydrogens (primary N) is 1. The van der Waals surface area contributed by atoms with Gasteiger partial charge < -0.3 is 11.1 Å². The van der Waals surface area contributed by atoms with E-state index in [0.717, 1.165) is 33.3 Å². The number of hydrogen-bond donors (Lipinski definition) is 2. The number of hydrogen-bond acceptors (Lipinski definition) is 4. The lowest BCUT2D eigenvalue weighted by Crippen LogP contribution is -2.07. The fraction of sp³-hybridized carbons (Fsp3) is 0.0278. The van der Waals surface area contributed by atoms with Crippen molar-refractivity contribution in [2.45, 2.75) is 6.17 Å². The van der Waals surface area contributed by atoms with Crippen LogP contribution in [0.5, 0.6) is 0 Å². The van der Waals surface area contributed by atoms with E-state index in [4.69, 9.17) is 5.73 Å². The van der Waals surface area contributed by atoms with Crippen LogP contribution in [0.3, 0.4) is 0 Å². The number of benzene rings is 6. The van der Waals surface area contributed by atoms with Crippen molar-refractivity contribution in [1.82, 2.24) is 0 Å². The summed E-state index contributed by atoms with van der Waals surface area (Å²) in [6.07, 6.45) is 1.49. The first-order valence-corrected chi connectivity index (χ1v) is 14.2. The van der Waals surface area contributed by atoms with Crippen molar-refractivity contribution >= 4 is 59.9 Å². The molecular weight excluding hydrogens is 506 g/mol. The molecule has 1 heterocycles. The molecule has 0 spiro atoms. The summed E-state index contributed by atoms with van der Waals surface area (Å²) in [5.41, 5.74) is 12.9.